The van der Waals surface area contributed by atoms with Crippen LogP contribution < -0.4 is 9.47 Å². The highest BCUT2D eigenvalue weighted by Crippen LogP contribution is 2.36. The van der Waals surface area contributed by atoms with Crippen molar-refractivity contribution >= 4 is 17.3 Å². The predicted molar refractivity (Wildman–Crippen MR) is 84.2 cm³/mol. The van der Waals surface area contributed by atoms with Gasteiger partial charge in [0.2, 0.25) is 5.75 Å². The van der Waals surface area contributed by atoms with Gasteiger partial charge in [0, 0.05) is 12.1 Å². The number of hydrogen-bond donors (Lipinski definition) is 0. The summed E-state index contributed by atoms with van der Waals surface area (Å²) in [5.41, 5.74) is -0.979. The van der Waals surface area contributed by atoms with Gasteiger partial charge < -0.3 is 14.2 Å². The average molecular weight is 348 g/mol. The molecule has 0 spiro atoms. The molecule has 2 aromatic rings. The number of esters is 1. The van der Waals surface area contributed by atoms with E-state index in [1.165, 1.54) is 25.3 Å². The van der Waals surface area contributed by atoms with Crippen LogP contribution in [-0.2, 0) is 4.74 Å². The standard InChI is InChI=1S/C15H12N2O8/c1-23-10-4-6-14(12(8-10)17(21)22)25-13-5-3-9(16(19)20)7-11(13)15(18)24-2/h3-8H,1-2H3. The zero-order valence-corrected chi connectivity index (χ0v) is 13.1. The normalized spacial score (nSPS) is 10.0. The number of carbonyl (C=O) groups is 1. The van der Waals surface area contributed by atoms with E-state index >= 15 is 0 Å². The number of rotatable bonds is 6. The van der Waals surface area contributed by atoms with Gasteiger partial charge in [0.15, 0.2) is 0 Å². The maximum Gasteiger partial charge on any atom is 0.341 e. The molecule has 0 atom stereocenters. The number of nitrogens with zero attached hydrogens (tertiary/aromatic N) is 2. The summed E-state index contributed by atoms with van der Waals surface area (Å²) in [6.45, 7) is 0. The number of non-ortho nitro benzene ring substituents is 1. The third-order valence-electron chi connectivity index (χ3n) is 3.16. The third kappa shape index (κ3) is 3.80. The first-order valence-electron chi connectivity index (χ1n) is 6.74. The van der Waals surface area contributed by atoms with Crippen LogP contribution in [0.2, 0.25) is 0 Å². The minimum absolute atomic E-state index is 0.120. The lowest BCUT2D eigenvalue weighted by atomic mass is 10.1. The Morgan fingerprint density at radius 2 is 1.64 bits per heavy atom. The lowest BCUT2D eigenvalue weighted by Gasteiger charge is -2.10. The van der Waals surface area contributed by atoms with Gasteiger partial charge in [0.25, 0.3) is 5.69 Å². The molecule has 2 aromatic carbocycles. The summed E-state index contributed by atoms with van der Waals surface area (Å²) in [7, 11) is 2.45. The van der Waals surface area contributed by atoms with Crippen molar-refractivity contribution in [1.82, 2.24) is 0 Å². The predicted octanol–water partition coefficient (Wildman–Crippen LogP) is 3.09. The van der Waals surface area contributed by atoms with Crippen molar-refractivity contribution < 1.29 is 28.9 Å². The minimum atomic E-state index is -0.880. The van der Waals surface area contributed by atoms with Gasteiger partial charge in [-0.2, -0.15) is 0 Å². The molecule has 2 rings (SSSR count). The van der Waals surface area contributed by atoms with Crippen molar-refractivity contribution in [3.05, 3.63) is 62.2 Å². The monoisotopic (exact) mass is 348 g/mol. The number of nitro groups is 2. The zero-order chi connectivity index (χ0) is 18.6. The Morgan fingerprint density at radius 3 is 2.20 bits per heavy atom. The summed E-state index contributed by atoms with van der Waals surface area (Å²) < 4.78 is 14.9. The summed E-state index contributed by atoms with van der Waals surface area (Å²) >= 11 is 0. The fourth-order valence-electron chi connectivity index (χ4n) is 1.96. The molecule has 0 unspecified atom stereocenters. The van der Waals surface area contributed by atoms with Crippen molar-refractivity contribution in [3.8, 4) is 17.2 Å². The molecule has 0 aromatic heterocycles. The largest absolute Gasteiger partial charge is 0.496 e. The van der Waals surface area contributed by atoms with Crippen LogP contribution in [-0.4, -0.2) is 30.0 Å². The lowest BCUT2D eigenvalue weighted by Crippen LogP contribution is -2.05. The molecule has 10 nitrogen and oxygen atoms in total. The van der Waals surface area contributed by atoms with E-state index in [-0.39, 0.29) is 28.5 Å². The van der Waals surface area contributed by atoms with Crippen LogP contribution in [0.15, 0.2) is 36.4 Å². The van der Waals surface area contributed by atoms with Gasteiger partial charge in [0.1, 0.15) is 17.1 Å². The maximum atomic E-state index is 11.8. The molecule has 0 aliphatic heterocycles. The zero-order valence-electron chi connectivity index (χ0n) is 13.1. The number of methoxy groups -OCH3 is 2. The Kier molecular flexibility index (Phi) is 5.12. The van der Waals surface area contributed by atoms with Crippen molar-refractivity contribution in [2.45, 2.75) is 0 Å². The van der Waals surface area contributed by atoms with Gasteiger partial charge in [0.05, 0.1) is 30.1 Å². The van der Waals surface area contributed by atoms with Crippen LogP contribution in [0.1, 0.15) is 10.4 Å². The minimum Gasteiger partial charge on any atom is -0.496 e. The molecule has 0 radical (unpaired) electrons. The number of hydrogen-bond acceptors (Lipinski definition) is 8. The van der Waals surface area contributed by atoms with Crippen LogP contribution in [0.5, 0.6) is 17.2 Å². The van der Waals surface area contributed by atoms with E-state index in [0.717, 1.165) is 25.3 Å². The van der Waals surface area contributed by atoms with E-state index in [1.54, 1.807) is 0 Å². The molecule has 0 bridgehead atoms. The van der Waals surface area contributed by atoms with Crippen molar-refractivity contribution in [3.63, 3.8) is 0 Å². The van der Waals surface area contributed by atoms with Gasteiger partial charge in [-0.05, 0) is 18.2 Å². The first-order valence-corrected chi connectivity index (χ1v) is 6.74. The fraction of sp³-hybridized carbons (Fsp3) is 0.133. The van der Waals surface area contributed by atoms with Crippen LogP contribution in [0, 0.1) is 20.2 Å². The third-order valence-corrected chi connectivity index (χ3v) is 3.16. The van der Waals surface area contributed by atoms with Crippen LogP contribution >= 0.6 is 0 Å². The quantitative estimate of drug-likeness (QED) is 0.442. The molecule has 0 saturated carbocycles. The second kappa shape index (κ2) is 7.25. The SMILES string of the molecule is COC(=O)c1cc([N+](=O)[O-])ccc1Oc1ccc(OC)cc1[N+](=O)[O-]. The van der Waals surface area contributed by atoms with E-state index in [9.17, 15) is 25.0 Å². The summed E-state index contributed by atoms with van der Waals surface area (Å²) in [6.07, 6.45) is 0. The molecule has 130 valence electrons. The van der Waals surface area contributed by atoms with Gasteiger partial charge in [-0.15, -0.1) is 0 Å². The van der Waals surface area contributed by atoms with Crippen molar-refractivity contribution in [1.29, 1.82) is 0 Å². The van der Waals surface area contributed by atoms with Gasteiger partial charge in [-0.25, -0.2) is 4.79 Å². The number of nitro benzene ring substituents is 2. The molecule has 25 heavy (non-hydrogen) atoms. The van der Waals surface area contributed by atoms with Crippen molar-refractivity contribution in [2.24, 2.45) is 0 Å². The smallest absolute Gasteiger partial charge is 0.341 e. The van der Waals surface area contributed by atoms with Crippen molar-refractivity contribution in [2.75, 3.05) is 14.2 Å². The highest BCUT2D eigenvalue weighted by atomic mass is 16.6. The molecule has 0 heterocycles. The molecule has 0 aliphatic carbocycles. The molecule has 0 N–H and O–H groups in total. The first-order chi connectivity index (χ1) is 11.9. The van der Waals surface area contributed by atoms with Crippen LogP contribution in [0.3, 0.4) is 0 Å². The van der Waals surface area contributed by atoms with E-state index in [2.05, 4.69) is 4.74 Å². The first kappa shape index (κ1) is 17.7. The van der Waals surface area contributed by atoms with E-state index in [0.29, 0.717) is 0 Å². The molecule has 0 amide bonds. The number of benzene rings is 2. The van der Waals surface area contributed by atoms with Gasteiger partial charge in [-0.1, -0.05) is 0 Å². The average Bonchev–Trinajstić information content (AvgIpc) is 2.61. The highest BCUT2D eigenvalue weighted by molar-refractivity contribution is 5.93. The second-order valence-corrected chi connectivity index (χ2v) is 4.62. The molecule has 10 heteroatoms. The van der Waals surface area contributed by atoms with Gasteiger partial charge in [-0.3, -0.25) is 20.2 Å². The fourth-order valence-corrected chi connectivity index (χ4v) is 1.96. The number of carbonyl (C=O) groups excluding carboxylic acids is 1. The summed E-state index contributed by atoms with van der Waals surface area (Å²) in [5, 5.41) is 22.0. The van der Waals surface area contributed by atoms with Gasteiger partial charge >= 0.3 is 11.7 Å². The summed E-state index contributed by atoms with van der Waals surface area (Å²) in [6, 6.07) is 7.12. The molecule has 0 saturated heterocycles. The Morgan fingerprint density at radius 1 is 0.960 bits per heavy atom. The highest BCUT2D eigenvalue weighted by Gasteiger charge is 2.22. The summed E-state index contributed by atoms with van der Waals surface area (Å²) in [5.74, 6) is -0.915. The summed E-state index contributed by atoms with van der Waals surface area (Å²) in [4.78, 5) is 32.5. The molecular weight excluding hydrogens is 336 g/mol. The van der Waals surface area contributed by atoms with E-state index < -0.39 is 21.5 Å². The Labute approximate surface area is 140 Å². The number of ether oxygens (including phenoxy) is 3. The lowest BCUT2D eigenvalue weighted by molar-refractivity contribution is -0.385. The van der Waals surface area contributed by atoms with Crippen LogP contribution in [0.4, 0.5) is 11.4 Å². The van der Waals surface area contributed by atoms with Crippen LogP contribution in [0.25, 0.3) is 0 Å². The van der Waals surface area contributed by atoms with E-state index in [1.807, 2.05) is 0 Å². The molecule has 0 aliphatic rings. The topological polar surface area (TPSA) is 131 Å². The van der Waals surface area contributed by atoms with E-state index in [4.69, 9.17) is 9.47 Å². The molecule has 0 fully saturated rings. The molecular formula is C15H12N2O8. The second-order valence-electron chi connectivity index (χ2n) is 4.62. The Hall–Kier alpha value is -3.69. The Bertz CT molecular complexity index is 849. The maximum absolute atomic E-state index is 11.8. The Balaban J connectivity index is 2.51.